The quantitative estimate of drug-likeness (QED) is 0.627. The van der Waals surface area contributed by atoms with Gasteiger partial charge in [-0.05, 0) is 47.8 Å². The summed E-state index contributed by atoms with van der Waals surface area (Å²) in [5, 5.41) is 0. The lowest BCUT2D eigenvalue weighted by Crippen LogP contribution is -2.45. The highest BCUT2D eigenvalue weighted by atomic mass is 79.9. The van der Waals surface area contributed by atoms with E-state index in [1.807, 2.05) is 19.9 Å². The third kappa shape index (κ3) is 4.03. The van der Waals surface area contributed by atoms with Crippen molar-refractivity contribution in [2.24, 2.45) is 5.84 Å². The molecule has 0 aliphatic heterocycles. The summed E-state index contributed by atoms with van der Waals surface area (Å²) in [6.07, 6.45) is 0.580. The lowest BCUT2D eigenvalue weighted by Gasteiger charge is -2.23. The van der Waals surface area contributed by atoms with Crippen molar-refractivity contribution in [3.8, 4) is 0 Å². The largest absolute Gasteiger partial charge is 0.377 e. The van der Waals surface area contributed by atoms with Gasteiger partial charge < -0.3 is 4.74 Å². The Bertz CT molecular complexity index is 362. The van der Waals surface area contributed by atoms with Gasteiger partial charge in [0.05, 0.1) is 16.6 Å². The van der Waals surface area contributed by atoms with Gasteiger partial charge in [0.25, 0.3) is 0 Å². The molecular formula is C12H18BrFN2O. The van der Waals surface area contributed by atoms with Gasteiger partial charge in [0.15, 0.2) is 0 Å². The number of ether oxygens (including phenoxy) is 1. The van der Waals surface area contributed by atoms with E-state index in [9.17, 15) is 4.39 Å². The fraction of sp³-hybridized carbons (Fsp3) is 0.500. The van der Waals surface area contributed by atoms with Crippen LogP contribution in [0.5, 0.6) is 0 Å². The van der Waals surface area contributed by atoms with E-state index in [1.165, 1.54) is 6.07 Å². The van der Waals surface area contributed by atoms with Crippen LogP contribution in [0.2, 0.25) is 0 Å². The average Bonchev–Trinajstić information content (AvgIpc) is 2.31. The monoisotopic (exact) mass is 304 g/mol. The van der Waals surface area contributed by atoms with Crippen molar-refractivity contribution in [1.29, 1.82) is 0 Å². The zero-order valence-electron chi connectivity index (χ0n) is 10.0. The molecule has 0 saturated heterocycles. The molecule has 96 valence electrons. The predicted molar refractivity (Wildman–Crippen MR) is 70.0 cm³/mol. The summed E-state index contributed by atoms with van der Waals surface area (Å²) in [5.41, 5.74) is 3.59. The molecule has 17 heavy (non-hydrogen) atoms. The molecule has 0 amide bonds. The molecule has 1 rings (SSSR count). The Morgan fingerprint density at radius 2 is 2.24 bits per heavy atom. The molecule has 0 spiro atoms. The van der Waals surface area contributed by atoms with Crippen molar-refractivity contribution >= 4 is 15.9 Å². The summed E-state index contributed by atoms with van der Waals surface area (Å²) < 4.78 is 19.3. The van der Waals surface area contributed by atoms with E-state index < -0.39 is 0 Å². The maximum Gasteiger partial charge on any atom is 0.137 e. The van der Waals surface area contributed by atoms with Crippen LogP contribution in [0.1, 0.15) is 19.4 Å². The molecule has 3 N–H and O–H groups in total. The van der Waals surface area contributed by atoms with Crippen LogP contribution in [0.3, 0.4) is 0 Å². The van der Waals surface area contributed by atoms with E-state index in [-0.39, 0.29) is 18.0 Å². The van der Waals surface area contributed by atoms with Gasteiger partial charge in [0.1, 0.15) is 5.82 Å². The van der Waals surface area contributed by atoms with Crippen LogP contribution in [0.25, 0.3) is 0 Å². The molecule has 2 unspecified atom stereocenters. The molecule has 0 aliphatic rings. The minimum Gasteiger partial charge on any atom is -0.377 e. The number of nitrogens with one attached hydrogen (secondary N) is 1. The van der Waals surface area contributed by atoms with E-state index in [0.717, 1.165) is 5.56 Å². The van der Waals surface area contributed by atoms with E-state index in [0.29, 0.717) is 17.5 Å². The van der Waals surface area contributed by atoms with E-state index in [1.54, 1.807) is 6.07 Å². The number of nitrogens with two attached hydrogens (primary N) is 1. The Labute approximate surface area is 110 Å². The predicted octanol–water partition coefficient (Wildman–Crippen LogP) is 2.39. The van der Waals surface area contributed by atoms with Gasteiger partial charge in [-0.15, -0.1) is 0 Å². The van der Waals surface area contributed by atoms with Crippen LogP contribution in [-0.2, 0) is 11.2 Å². The van der Waals surface area contributed by atoms with Crippen molar-refractivity contribution in [3.63, 3.8) is 0 Å². The average molecular weight is 305 g/mol. The molecule has 0 saturated carbocycles. The molecule has 1 aromatic rings. The topological polar surface area (TPSA) is 47.3 Å². The van der Waals surface area contributed by atoms with Gasteiger partial charge in [-0.1, -0.05) is 12.1 Å². The number of hydrazine groups is 1. The van der Waals surface area contributed by atoms with Crippen molar-refractivity contribution in [1.82, 2.24) is 5.43 Å². The zero-order chi connectivity index (χ0) is 12.8. The van der Waals surface area contributed by atoms with Gasteiger partial charge in [-0.2, -0.15) is 0 Å². The van der Waals surface area contributed by atoms with Crippen LogP contribution in [-0.4, -0.2) is 18.8 Å². The van der Waals surface area contributed by atoms with Crippen LogP contribution < -0.4 is 11.3 Å². The van der Waals surface area contributed by atoms with Gasteiger partial charge in [-0.3, -0.25) is 11.3 Å². The SMILES string of the molecule is CCOC(C)C(Cc1cccc(F)c1Br)NN. The first-order valence-electron chi connectivity index (χ1n) is 5.60. The zero-order valence-corrected chi connectivity index (χ0v) is 11.6. The van der Waals surface area contributed by atoms with Crippen LogP contribution >= 0.6 is 15.9 Å². The Morgan fingerprint density at radius 3 is 2.82 bits per heavy atom. The standard InChI is InChI=1S/C12H18BrFN2O/c1-3-17-8(2)11(16-15)7-9-5-4-6-10(14)12(9)13/h4-6,8,11,16H,3,7,15H2,1-2H3. The summed E-state index contributed by atoms with van der Waals surface area (Å²) in [6.45, 7) is 4.51. The molecule has 2 atom stereocenters. The highest BCUT2D eigenvalue weighted by Crippen LogP contribution is 2.22. The summed E-state index contributed by atoms with van der Waals surface area (Å²) >= 11 is 3.24. The van der Waals surface area contributed by atoms with E-state index in [2.05, 4.69) is 21.4 Å². The molecule has 5 heteroatoms. The number of hydrogen-bond acceptors (Lipinski definition) is 3. The molecule has 0 heterocycles. The molecule has 0 aromatic heterocycles. The highest BCUT2D eigenvalue weighted by Gasteiger charge is 2.18. The minimum atomic E-state index is -0.262. The van der Waals surface area contributed by atoms with Crippen LogP contribution in [0.15, 0.2) is 22.7 Å². The van der Waals surface area contributed by atoms with Crippen molar-refractivity contribution in [2.45, 2.75) is 32.4 Å². The van der Waals surface area contributed by atoms with E-state index >= 15 is 0 Å². The highest BCUT2D eigenvalue weighted by molar-refractivity contribution is 9.10. The lowest BCUT2D eigenvalue weighted by atomic mass is 10.0. The Kier molecular flexibility index (Phi) is 6.05. The molecular weight excluding hydrogens is 287 g/mol. The normalized spacial score (nSPS) is 14.6. The third-order valence-corrected chi connectivity index (χ3v) is 3.57. The fourth-order valence-corrected chi connectivity index (χ4v) is 2.11. The van der Waals surface area contributed by atoms with Crippen molar-refractivity contribution < 1.29 is 9.13 Å². The molecule has 1 aromatic carbocycles. The third-order valence-electron chi connectivity index (χ3n) is 2.68. The minimum absolute atomic E-state index is 0.0276. The van der Waals surface area contributed by atoms with Gasteiger partial charge in [0, 0.05) is 6.61 Å². The van der Waals surface area contributed by atoms with E-state index in [4.69, 9.17) is 10.6 Å². The number of rotatable bonds is 6. The van der Waals surface area contributed by atoms with Crippen LogP contribution in [0.4, 0.5) is 4.39 Å². The van der Waals surface area contributed by atoms with Crippen molar-refractivity contribution in [3.05, 3.63) is 34.1 Å². The van der Waals surface area contributed by atoms with Gasteiger partial charge in [-0.25, -0.2) is 4.39 Å². The second-order valence-corrected chi connectivity index (χ2v) is 4.64. The first-order chi connectivity index (χ1) is 8.10. The molecule has 0 aliphatic carbocycles. The Morgan fingerprint density at radius 1 is 1.53 bits per heavy atom. The Hall–Kier alpha value is -0.490. The first-order valence-corrected chi connectivity index (χ1v) is 6.40. The Balaban J connectivity index is 2.77. The number of hydrogen-bond donors (Lipinski definition) is 2. The summed E-state index contributed by atoms with van der Waals surface area (Å²) in [7, 11) is 0. The van der Waals surface area contributed by atoms with Gasteiger partial charge >= 0.3 is 0 Å². The molecule has 0 bridgehead atoms. The number of halogens is 2. The summed E-state index contributed by atoms with van der Waals surface area (Å²) in [4.78, 5) is 0. The molecule has 3 nitrogen and oxygen atoms in total. The number of benzene rings is 1. The molecule has 0 radical (unpaired) electrons. The second kappa shape index (κ2) is 7.06. The maximum absolute atomic E-state index is 13.4. The maximum atomic E-state index is 13.4. The summed E-state index contributed by atoms with van der Waals surface area (Å²) in [5.74, 6) is 5.24. The van der Waals surface area contributed by atoms with Crippen LogP contribution in [0, 0.1) is 5.82 Å². The smallest absolute Gasteiger partial charge is 0.137 e. The lowest BCUT2D eigenvalue weighted by molar-refractivity contribution is 0.0476. The van der Waals surface area contributed by atoms with Gasteiger partial charge in [0.2, 0.25) is 0 Å². The fourth-order valence-electron chi connectivity index (χ4n) is 1.68. The summed E-state index contributed by atoms with van der Waals surface area (Å²) in [6, 6.07) is 4.93. The molecule has 0 fully saturated rings. The second-order valence-electron chi connectivity index (χ2n) is 3.85. The first kappa shape index (κ1) is 14.6. The van der Waals surface area contributed by atoms with Crippen molar-refractivity contribution in [2.75, 3.05) is 6.61 Å².